The second-order valence-corrected chi connectivity index (χ2v) is 5.82. The van der Waals surface area contributed by atoms with Crippen LogP contribution >= 0.6 is 24.8 Å². The van der Waals surface area contributed by atoms with Gasteiger partial charge >= 0.3 is 0 Å². The van der Waals surface area contributed by atoms with Crippen LogP contribution in [-0.4, -0.2) is 54.5 Å². The van der Waals surface area contributed by atoms with Gasteiger partial charge in [-0.2, -0.15) is 0 Å². The molecular formula is C16H25Cl2N3O. The highest BCUT2D eigenvalue weighted by molar-refractivity contribution is 5.85. The first-order valence-corrected chi connectivity index (χ1v) is 7.57. The van der Waals surface area contributed by atoms with Crippen molar-refractivity contribution >= 4 is 30.7 Å². The van der Waals surface area contributed by atoms with Crippen LogP contribution in [-0.2, 0) is 4.79 Å². The van der Waals surface area contributed by atoms with Crippen molar-refractivity contribution in [2.75, 3.05) is 32.7 Å². The number of hydrogen-bond donors (Lipinski definition) is 1. The highest BCUT2D eigenvalue weighted by Crippen LogP contribution is 2.24. The van der Waals surface area contributed by atoms with E-state index in [1.807, 2.05) is 35.2 Å². The number of rotatable bonds is 3. The van der Waals surface area contributed by atoms with Gasteiger partial charge in [0.2, 0.25) is 5.91 Å². The number of carbonyl (C=O) groups is 1. The molecule has 0 bridgehead atoms. The SMILES string of the molecule is Cl.Cl.NCC(C(=O)N1CCN2CCCC2C1)c1ccccc1. The molecule has 4 nitrogen and oxygen atoms in total. The molecule has 1 aromatic carbocycles. The minimum atomic E-state index is -0.191. The van der Waals surface area contributed by atoms with Crippen molar-refractivity contribution in [2.45, 2.75) is 24.8 Å². The number of nitrogens with zero attached hydrogens (tertiary/aromatic N) is 2. The summed E-state index contributed by atoms with van der Waals surface area (Å²) in [5.74, 6) is 0.00871. The fourth-order valence-electron chi connectivity index (χ4n) is 3.48. The molecule has 2 atom stereocenters. The predicted molar refractivity (Wildman–Crippen MR) is 93.9 cm³/mol. The second kappa shape index (κ2) is 8.73. The number of carbonyl (C=O) groups excluding carboxylic acids is 1. The Kier molecular flexibility index (Phi) is 7.63. The van der Waals surface area contributed by atoms with Gasteiger partial charge < -0.3 is 10.6 Å². The van der Waals surface area contributed by atoms with Crippen LogP contribution in [0.2, 0.25) is 0 Å². The second-order valence-electron chi connectivity index (χ2n) is 5.82. The molecule has 0 spiro atoms. The lowest BCUT2D eigenvalue weighted by Crippen LogP contribution is -2.53. The summed E-state index contributed by atoms with van der Waals surface area (Å²) in [6.45, 7) is 4.32. The van der Waals surface area contributed by atoms with E-state index in [-0.39, 0.29) is 36.6 Å². The van der Waals surface area contributed by atoms with Gasteiger partial charge in [0.25, 0.3) is 0 Å². The summed E-state index contributed by atoms with van der Waals surface area (Å²) in [7, 11) is 0. The van der Waals surface area contributed by atoms with Gasteiger partial charge in [0.15, 0.2) is 0 Å². The molecule has 2 saturated heterocycles. The van der Waals surface area contributed by atoms with Crippen molar-refractivity contribution in [3.05, 3.63) is 35.9 Å². The lowest BCUT2D eigenvalue weighted by atomic mass is 9.97. The van der Waals surface area contributed by atoms with Crippen LogP contribution in [0.3, 0.4) is 0 Å². The van der Waals surface area contributed by atoms with Crippen LogP contribution in [0.5, 0.6) is 0 Å². The molecule has 2 aliphatic rings. The molecule has 0 radical (unpaired) electrons. The van der Waals surface area contributed by atoms with E-state index >= 15 is 0 Å². The fourth-order valence-corrected chi connectivity index (χ4v) is 3.48. The lowest BCUT2D eigenvalue weighted by molar-refractivity contribution is -0.135. The molecule has 2 heterocycles. The van der Waals surface area contributed by atoms with Crippen LogP contribution < -0.4 is 5.73 Å². The summed E-state index contributed by atoms with van der Waals surface area (Å²) < 4.78 is 0. The van der Waals surface area contributed by atoms with Gasteiger partial charge in [-0.1, -0.05) is 30.3 Å². The molecule has 2 N–H and O–H groups in total. The van der Waals surface area contributed by atoms with Crippen molar-refractivity contribution in [1.82, 2.24) is 9.80 Å². The Morgan fingerprint density at radius 1 is 1.18 bits per heavy atom. The number of benzene rings is 1. The van der Waals surface area contributed by atoms with E-state index in [4.69, 9.17) is 5.73 Å². The average Bonchev–Trinajstić information content (AvgIpc) is 2.96. The summed E-state index contributed by atoms with van der Waals surface area (Å²) in [6.07, 6.45) is 2.49. The van der Waals surface area contributed by atoms with Crippen LogP contribution in [0.25, 0.3) is 0 Å². The van der Waals surface area contributed by atoms with E-state index in [0.717, 1.165) is 25.2 Å². The zero-order chi connectivity index (χ0) is 13.9. The first-order chi connectivity index (χ1) is 9.79. The Morgan fingerprint density at radius 3 is 2.59 bits per heavy atom. The molecule has 2 unspecified atom stereocenters. The van der Waals surface area contributed by atoms with E-state index in [0.29, 0.717) is 12.6 Å². The Labute approximate surface area is 144 Å². The zero-order valence-electron chi connectivity index (χ0n) is 12.7. The molecule has 1 aromatic rings. The number of fused-ring (bicyclic) bond motifs is 1. The normalized spacial score (nSPS) is 22.2. The summed E-state index contributed by atoms with van der Waals surface area (Å²) >= 11 is 0. The first kappa shape index (κ1) is 19.2. The van der Waals surface area contributed by atoms with Crippen LogP contribution in [0.4, 0.5) is 0 Å². The predicted octanol–water partition coefficient (Wildman–Crippen LogP) is 1.88. The average molecular weight is 346 g/mol. The van der Waals surface area contributed by atoms with Gasteiger partial charge in [-0.05, 0) is 24.9 Å². The molecule has 3 rings (SSSR count). The molecule has 2 fully saturated rings. The Balaban J connectivity index is 0.00000121. The molecule has 22 heavy (non-hydrogen) atoms. The van der Waals surface area contributed by atoms with Crippen LogP contribution in [0, 0.1) is 0 Å². The third kappa shape index (κ3) is 3.93. The highest BCUT2D eigenvalue weighted by atomic mass is 35.5. The minimum Gasteiger partial charge on any atom is -0.339 e. The Hall–Kier alpha value is -0.810. The van der Waals surface area contributed by atoms with Crippen LogP contribution in [0.1, 0.15) is 24.3 Å². The van der Waals surface area contributed by atoms with E-state index in [2.05, 4.69) is 4.90 Å². The quantitative estimate of drug-likeness (QED) is 0.909. The number of nitrogens with two attached hydrogens (primary N) is 1. The molecule has 1 amide bonds. The maximum absolute atomic E-state index is 12.7. The van der Waals surface area contributed by atoms with Gasteiger partial charge in [-0.15, -0.1) is 24.8 Å². The van der Waals surface area contributed by atoms with Crippen molar-refractivity contribution in [2.24, 2.45) is 5.73 Å². The summed E-state index contributed by atoms with van der Waals surface area (Å²) in [6, 6.07) is 10.5. The maximum Gasteiger partial charge on any atom is 0.231 e. The molecule has 124 valence electrons. The van der Waals surface area contributed by atoms with E-state index in [9.17, 15) is 4.79 Å². The first-order valence-electron chi connectivity index (χ1n) is 7.57. The van der Waals surface area contributed by atoms with E-state index in [1.54, 1.807) is 0 Å². The van der Waals surface area contributed by atoms with Crippen molar-refractivity contribution in [3.8, 4) is 0 Å². The monoisotopic (exact) mass is 345 g/mol. The third-order valence-corrected chi connectivity index (χ3v) is 4.63. The van der Waals surface area contributed by atoms with E-state index in [1.165, 1.54) is 19.4 Å². The third-order valence-electron chi connectivity index (χ3n) is 4.63. The standard InChI is InChI=1S/C16H23N3O.2ClH/c17-11-15(13-5-2-1-3-6-13)16(20)19-10-9-18-8-4-7-14(18)12-19;;/h1-3,5-6,14-15H,4,7-12,17H2;2*1H. The minimum absolute atomic E-state index is 0. The molecular weight excluding hydrogens is 321 g/mol. The van der Waals surface area contributed by atoms with Gasteiger partial charge in [-0.25, -0.2) is 0 Å². The number of hydrogen-bond acceptors (Lipinski definition) is 3. The Morgan fingerprint density at radius 2 is 1.91 bits per heavy atom. The lowest BCUT2D eigenvalue weighted by Gasteiger charge is -2.38. The number of piperazine rings is 1. The van der Waals surface area contributed by atoms with E-state index < -0.39 is 0 Å². The maximum atomic E-state index is 12.7. The molecule has 6 heteroatoms. The van der Waals surface area contributed by atoms with Gasteiger partial charge in [0, 0.05) is 32.2 Å². The highest BCUT2D eigenvalue weighted by Gasteiger charge is 2.34. The molecule has 0 saturated carbocycles. The smallest absolute Gasteiger partial charge is 0.231 e. The van der Waals surface area contributed by atoms with Crippen LogP contribution in [0.15, 0.2) is 30.3 Å². The summed E-state index contributed by atoms with van der Waals surface area (Å²) in [5, 5.41) is 0. The molecule has 0 aliphatic carbocycles. The van der Waals surface area contributed by atoms with Gasteiger partial charge in [-0.3, -0.25) is 9.69 Å². The topological polar surface area (TPSA) is 49.6 Å². The fraction of sp³-hybridized carbons (Fsp3) is 0.562. The Bertz CT molecular complexity index is 472. The zero-order valence-corrected chi connectivity index (χ0v) is 14.3. The molecule has 2 aliphatic heterocycles. The molecule has 0 aromatic heterocycles. The number of halogens is 2. The summed E-state index contributed by atoms with van der Waals surface area (Å²) in [5.41, 5.74) is 6.90. The number of amides is 1. The van der Waals surface area contributed by atoms with Gasteiger partial charge in [0.05, 0.1) is 5.92 Å². The van der Waals surface area contributed by atoms with Crippen molar-refractivity contribution in [1.29, 1.82) is 0 Å². The largest absolute Gasteiger partial charge is 0.339 e. The van der Waals surface area contributed by atoms with Crippen molar-refractivity contribution in [3.63, 3.8) is 0 Å². The van der Waals surface area contributed by atoms with Crippen molar-refractivity contribution < 1.29 is 4.79 Å². The van der Waals surface area contributed by atoms with Gasteiger partial charge in [0.1, 0.15) is 0 Å². The summed E-state index contributed by atoms with van der Waals surface area (Å²) in [4.78, 5) is 17.3.